The highest BCUT2D eigenvalue weighted by molar-refractivity contribution is 6.30. The third kappa shape index (κ3) is 3.01. The third-order valence-electron chi connectivity index (χ3n) is 3.50. The van der Waals surface area contributed by atoms with Crippen molar-refractivity contribution in [1.82, 2.24) is 5.43 Å². The molecule has 0 aliphatic carbocycles. The zero-order valence-electron chi connectivity index (χ0n) is 10.3. The van der Waals surface area contributed by atoms with Crippen LogP contribution in [-0.4, -0.2) is 18.8 Å². The number of hydrazine groups is 1. The van der Waals surface area contributed by atoms with Gasteiger partial charge < -0.3 is 4.74 Å². The summed E-state index contributed by atoms with van der Waals surface area (Å²) in [4.78, 5) is 0. The Hall–Kier alpha value is -0.680. The molecule has 3 nitrogen and oxygen atoms in total. The Bertz CT molecular complexity index is 416. The van der Waals surface area contributed by atoms with Gasteiger partial charge in [0.05, 0.1) is 12.1 Å². The van der Waals surface area contributed by atoms with Crippen molar-refractivity contribution in [1.29, 1.82) is 0 Å². The second kappa shape index (κ2) is 5.97. The summed E-state index contributed by atoms with van der Waals surface area (Å²) in [6.07, 6.45) is 1.51. The zero-order chi connectivity index (χ0) is 13.1. The Kier molecular flexibility index (Phi) is 4.56. The molecule has 100 valence electrons. The minimum absolute atomic E-state index is 0.0216. The van der Waals surface area contributed by atoms with Crippen LogP contribution in [0.5, 0.6) is 0 Å². The molecular formula is C13H18ClFN2O. The molecule has 0 aromatic heterocycles. The maximum atomic E-state index is 13.7. The lowest BCUT2D eigenvalue weighted by atomic mass is 9.93. The number of rotatable bonds is 4. The highest BCUT2D eigenvalue weighted by Gasteiger charge is 2.32. The summed E-state index contributed by atoms with van der Waals surface area (Å²) in [5.74, 6) is 5.73. The smallest absolute Gasteiger partial charge is 0.126 e. The summed E-state index contributed by atoms with van der Waals surface area (Å²) >= 11 is 5.88. The highest BCUT2D eigenvalue weighted by atomic mass is 35.5. The van der Waals surface area contributed by atoms with Crippen LogP contribution in [0.15, 0.2) is 18.2 Å². The Morgan fingerprint density at radius 3 is 3.00 bits per heavy atom. The molecule has 1 aliphatic heterocycles. The van der Waals surface area contributed by atoms with E-state index in [4.69, 9.17) is 22.2 Å². The molecule has 3 unspecified atom stereocenters. The van der Waals surface area contributed by atoms with E-state index >= 15 is 0 Å². The van der Waals surface area contributed by atoms with Gasteiger partial charge in [-0.1, -0.05) is 18.5 Å². The molecule has 3 N–H and O–H groups in total. The predicted molar refractivity (Wildman–Crippen MR) is 69.7 cm³/mol. The van der Waals surface area contributed by atoms with Crippen molar-refractivity contribution in [3.63, 3.8) is 0 Å². The summed E-state index contributed by atoms with van der Waals surface area (Å²) in [6, 6.07) is 4.46. The fourth-order valence-electron chi connectivity index (χ4n) is 2.44. The second-order valence-electron chi connectivity index (χ2n) is 4.81. The van der Waals surface area contributed by atoms with Crippen LogP contribution in [0.1, 0.15) is 18.9 Å². The first kappa shape index (κ1) is 13.7. The van der Waals surface area contributed by atoms with Crippen LogP contribution in [0.4, 0.5) is 4.39 Å². The minimum Gasteiger partial charge on any atom is -0.376 e. The van der Waals surface area contributed by atoms with Gasteiger partial charge in [-0.05, 0) is 42.5 Å². The minimum atomic E-state index is -0.259. The Balaban J connectivity index is 2.12. The fourth-order valence-corrected chi connectivity index (χ4v) is 2.63. The van der Waals surface area contributed by atoms with Gasteiger partial charge in [0, 0.05) is 11.6 Å². The first-order valence-electron chi connectivity index (χ1n) is 6.13. The van der Waals surface area contributed by atoms with Gasteiger partial charge in [-0.2, -0.15) is 0 Å². The summed E-state index contributed by atoms with van der Waals surface area (Å²) in [5.41, 5.74) is 3.30. The largest absolute Gasteiger partial charge is 0.376 e. The van der Waals surface area contributed by atoms with E-state index in [2.05, 4.69) is 12.3 Å². The maximum Gasteiger partial charge on any atom is 0.126 e. The number of halogens is 2. The molecule has 1 aliphatic rings. The van der Waals surface area contributed by atoms with Crippen LogP contribution in [0, 0.1) is 11.7 Å². The lowest BCUT2D eigenvalue weighted by Gasteiger charge is -2.25. The summed E-state index contributed by atoms with van der Waals surface area (Å²) < 4.78 is 19.3. The molecule has 1 saturated heterocycles. The summed E-state index contributed by atoms with van der Waals surface area (Å²) in [6.45, 7) is 2.86. The summed E-state index contributed by atoms with van der Waals surface area (Å²) in [5, 5.41) is 0.530. The quantitative estimate of drug-likeness (QED) is 0.653. The van der Waals surface area contributed by atoms with Crippen LogP contribution in [-0.2, 0) is 11.2 Å². The Labute approximate surface area is 111 Å². The van der Waals surface area contributed by atoms with Crippen LogP contribution < -0.4 is 11.3 Å². The van der Waals surface area contributed by atoms with Gasteiger partial charge in [-0.25, -0.2) is 4.39 Å². The van der Waals surface area contributed by atoms with E-state index in [-0.39, 0.29) is 18.0 Å². The van der Waals surface area contributed by atoms with Crippen LogP contribution in [0.25, 0.3) is 0 Å². The molecule has 1 aromatic rings. The SMILES string of the molecule is CC1CCOC1C(Cc1cc(Cl)ccc1F)NN. The van der Waals surface area contributed by atoms with Gasteiger partial charge in [0.15, 0.2) is 0 Å². The average Bonchev–Trinajstić information content (AvgIpc) is 2.77. The van der Waals surface area contributed by atoms with Gasteiger partial charge >= 0.3 is 0 Å². The van der Waals surface area contributed by atoms with Gasteiger partial charge in [0.2, 0.25) is 0 Å². The van der Waals surface area contributed by atoms with E-state index in [0.717, 1.165) is 13.0 Å². The molecular weight excluding hydrogens is 255 g/mol. The molecule has 0 saturated carbocycles. The zero-order valence-corrected chi connectivity index (χ0v) is 11.1. The lowest BCUT2D eigenvalue weighted by molar-refractivity contribution is 0.0608. The molecule has 0 amide bonds. The number of hydrogen-bond donors (Lipinski definition) is 2. The van der Waals surface area contributed by atoms with Crippen LogP contribution >= 0.6 is 11.6 Å². The Morgan fingerprint density at radius 1 is 1.61 bits per heavy atom. The van der Waals surface area contributed by atoms with E-state index in [1.807, 2.05) is 0 Å². The number of hydrogen-bond acceptors (Lipinski definition) is 3. The molecule has 2 rings (SSSR count). The molecule has 3 atom stereocenters. The summed E-state index contributed by atoms with van der Waals surface area (Å²) in [7, 11) is 0. The van der Waals surface area contributed by atoms with Crippen molar-refractivity contribution in [3.05, 3.63) is 34.6 Å². The molecule has 0 radical (unpaired) electrons. The van der Waals surface area contributed by atoms with Gasteiger partial charge in [-0.15, -0.1) is 0 Å². The monoisotopic (exact) mass is 272 g/mol. The molecule has 18 heavy (non-hydrogen) atoms. The van der Waals surface area contributed by atoms with Crippen LogP contribution in [0.3, 0.4) is 0 Å². The average molecular weight is 273 g/mol. The van der Waals surface area contributed by atoms with Crippen molar-refractivity contribution in [2.24, 2.45) is 11.8 Å². The second-order valence-corrected chi connectivity index (χ2v) is 5.25. The number of benzene rings is 1. The van der Waals surface area contributed by atoms with E-state index in [1.54, 1.807) is 12.1 Å². The Morgan fingerprint density at radius 2 is 2.39 bits per heavy atom. The normalized spacial score (nSPS) is 25.3. The van der Waals surface area contributed by atoms with Gasteiger partial charge in [0.1, 0.15) is 5.82 Å². The number of nitrogens with one attached hydrogen (secondary N) is 1. The van der Waals surface area contributed by atoms with Crippen LogP contribution in [0.2, 0.25) is 5.02 Å². The van der Waals surface area contributed by atoms with Crippen molar-refractivity contribution in [2.75, 3.05) is 6.61 Å². The van der Waals surface area contributed by atoms with E-state index in [9.17, 15) is 4.39 Å². The molecule has 5 heteroatoms. The van der Waals surface area contributed by atoms with Gasteiger partial charge in [-0.3, -0.25) is 11.3 Å². The van der Waals surface area contributed by atoms with Crippen molar-refractivity contribution < 1.29 is 9.13 Å². The van der Waals surface area contributed by atoms with E-state index in [1.165, 1.54) is 6.07 Å². The van der Waals surface area contributed by atoms with E-state index in [0.29, 0.717) is 22.9 Å². The molecule has 1 heterocycles. The van der Waals surface area contributed by atoms with Crippen molar-refractivity contribution in [3.8, 4) is 0 Å². The standard InChI is InChI=1S/C13H18ClFN2O/c1-8-4-5-18-13(8)12(17-16)7-9-6-10(14)2-3-11(9)15/h2-3,6,8,12-13,17H,4-5,7,16H2,1H3. The molecule has 1 fully saturated rings. The fraction of sp³-hybridized carbons (Fsp3) is 0.538. The molecule has 0 spiro atoms. The highest BCUT2D eigenvalue weighted by Crippen LogP contribution is 2.25. The maximum absolute atomic E-state index is 13.7. The van der Waals surface area contributed by atoms with E-state index < -0.39 is 0 Å². The first-order chi connectivity index (χ1) is 8.61. The molecule has 0 bridgehead atoms. The van der Waals surface area contributed by atoms with Crippen molar-refractivity contribution >= 4 is 11.6 Å². The number of ether oxygens (including phenoxy) is 1. The number of nitrogens with two attached hydrogens (primary N) is 1. The third-order valence-corrected chi connectivity index (χ3v) is 3.74. The first-order valence-corrected chi connectivity index (χ1v) is 6.51. The topological polar surface area (TPSA) is 47.3 Å². The van der Waals surface area contributed by atoms with Crippen molar-refractivity contribution in [2.45, 2.75) is 31.9 Å². The van der Waals surface area contributed by atoms with Gasteiger partial charge in [0.25, 0.3) is 0 Å². The predicted octanol–water partition coefficient (Wildman–Crippen LogP) is 2.28. The molecule has 1 aromatic carbocycles. The lowest BCUT2D eigenvalue weighted by Crippen LogP contribution is -2.47.